The number of hydrogen-bond donors (Lipinski definition) is 2. The number of nitrogens with one attached hydrogen (secondary N) is 1. The fourth-order valence-corrected chi connectivity index (χ4v) is 3.33. The number of nitrogen functional groups attached to an aromatic ring is 1. The number of hydrogen-bond acceptors (Lipinski definition) is 4. The lowest BCUT2D eigenvalue weighted by molar-refractivity contribution is 0.0934. The van der Waals surface area contributed by atoms with Gasteiger partial charge in [0.1, 0.15) is 0 Å². The number of carbonyl (C=O) groups excluding carboxylic acids is 1. The number of amides is 1. The maximum atomic E-state index is 12.1. The molecule has 0 saturated heterocycles. The predicted octanol–water partition coefficient (Wildman–Crippen LogP) is 2.01. The van der Waals surface area contributed by atoms with Gasteiger partial charge in [0, 0.05) is 22.9 Å². The van der Waals surface area contributed by atoms with Crippen LogP contribution in [0.3, 0.4) is 0 Å². The molecule has 2 aromatic rings. The standard InChI is InChI=1S/C14H15N3OS/c15-14-17-11-7-6-10(8-12(11)19-14)16-13(18)9-4-2-1-3-5-9/h1-5,10H,6-8H2,(H2,15,17)(H,16,18). The van der Waals surface area contributed by atoms with E-state index in [1.54, 1.807) is 0 Å². The third kappa shape index (κ3) is 2.61. The third-order valence-corrected chi connectivity index (χ3v) is 4.28. The Kier molecular flexibility index (Phi) is 3.21. The van der Waals surface area contributed by atoms with Crippen molar-refractivity contribution in [1.29, 1.82) is 0 Å². The highest BCUT2D eigenvalue weighted by molar-refractivity contribution is 7.15. The van der Waals surface area contributed by atoms with Crippen LogP contribution < -0.4 is 11.1 Å². The Labute approximate surface area is 115 Å². The van der Waals surface area contributed by atoms with Crippen molar-refractivity contribution >= 4 is 22.4 Å². The summed E-state index contributed by atoms with van der Waals surface area (Å²) < 4.78 is 0. The number of benzene rings is 1. The van der Waals surface area contributed by atoms with Crippen molar-refractivity contribution in [2.75, 3.05) is 5.73 Å². The normalized spacial score (nSPS) is 17.8. The Morgan fingerprint density at radius 3 is 2.95 bits per heavy atom. The topological polar surface area (TPSA) is 68.0 Å². The zero-order chi connectivity index (χ0) is 13.2. The van der Waals surface area contributed by atoms with Crippen molar-refractivity contribution < 1.29 is 4.79 Å². The number of nitrogens with zero attached hydrogens (tertiary/aromatic N) is 1. The molecule has 1 amide bonds. The highest BCUT2D eigenvalue weighted by atomic mass is 32.1. The summed E-state index contributed by atoms with van der Waals surface area (Å²) >= 11 is 1.53. The summed E-state index contributed by atoms with van der Waals surface area (Å²) in [7, 11) is 0. The Balaban J connectivity index is 1.68. The van der Waals surface area contributed by atoms with Crippen molar-refractivity contribution in [2.45, 2.75) is 25.3 Å². The fourth-order valence-electron chi connectivity index (χ4n) is 2.38. The molecule has 4 nitrogen and oxygen atoms in total. The molecule has 0 saturated carbocycles. The van der Waals surface area contributed by atoms with E-state index in [9.17, 15) is 4.79 Å². The van der Waals surface area contributed by atoms with Gasteiger partial charge in [0.2, 0.25) is 0 Å². The van der Waals surface area contributed by atoms with Crippen LogP contribution in [0.25, 0.3) is 0 Å². The first-order valence-electron chi connectivity index (χ1n) is 6.32. The minimum absolute atomic E-state index is 0.00784. The van der Waals surface area contributed by atoms with Gasteiger partial charge in [0.05, 0.1) is 5.69 Å². The highest BCUT2D eigenvalue weighted by Gasteiger charge is 2.23. The molecule has 0 spiro atoms. The van der Waals surface area contributed by atoms with Crippen LogP contribution in [0.5, 0.6) is 0 Å². The van der Waals surface area contributed by atoms with E-state index in [1.807, 2.05) is 30.3 Å². The van der Waals surface area contributed by atoms with Crippen LogP contribution in [0, 0.1) is 0 Å². The fraction of sp³-hybridized carbons (Fsp3) is 0.286. The maximum Gasteiger partial charge on any atom is 0.251 e. The highest BCUT2D eigenvalue weighted by Crippen LogP contribution is 2.28. The first kappa shape index (κ1) is 12.2. The average molecular weight is 273 g/mol. The molecule has 19 heavy (non-hydrogen) atoms. The molecule has 1 atom stereocenters. The molecular weight excluding hydrogens is 258 g/mol. The predicted molar refractivity (Wildman–Crippen MR) is 76.2 cm³/mol. The van der Waals surface area contributed by atoms with E-state index in [2.05, 4.69) is 10.3 Å². The van der Waals surface area contributed by atoms with E-state index in [-0.39, 0.29) is 11.9 Å². The average Bonchev–Trinajstić information content (AvgIpc) is 2.79. The van der Waals surface area contributed by atoms with Crippen LogP contribution in [-0.4, -0.2) is 16.9 Å². The van der Waals surface area contributed by atoms with Crippen LogP contribution in [-0.2, 0) is 12.8 Å². The monoisotopic (exact) mass is 273 g/mol. The molecule has 0 aliphatic heterocycles. The first-order chi connectivity index (χ1) is 9.22. The molecule has 98 valence electrons. The van der Waals surface area contributed by atoms with Gasteiger partial charge in [-0.1, -0.05) is 18.2 Å². The molecule has 3 N–H and O–H groups in total. The number of fused-ring (bicyclic) bond motifs is 1. The van der Waals surface area contributed by atoms with E-state index in [1.165, 1.54) is 16.2 Å². The van der Waals surface area contributed by atoms with Crippen molar-refractivity contribution in [1.82, 2.24) is 10.3 Å². The van der Waals surface area contributed by atoms with E-state index in [0.717, 1.165) is 25.0 Å². The van der Waals surface area contributed by atoms with Gasteiger partial charge in [0.15, 0.2) is 5.13 Å². The lowest BCUT2D eigenvalue weighted by atomic mass is 9.97. The molecule has 0 radical (unpaired) electrons. The zero-order valence-electron chi connectivity index (χ0n) is 10.4. The number of anilines is 1. The quantitative estimate of drug-likeness (QED) is 0.879. The van der Waals surface area contributed by atoms with Gasteiger partial charge < -0.3 is 11.1 Å². The number of thiazole rings is 1. The molecule has 1 unspecified atom stereocenters. The van der Waals surface area contributed by atoms with Gasteiger partial charge >= 0.3 is 0 Å². The Bertz CT molecular complexity index is 594. The molecular formula is C14H15N3OS. The minimum atomic E-state index is -0.00784. The third-order valence-electron chi connectivity index (χ3n) is 3.33. The lowest BCUT2D eigenvalue weighted by Gasteiger charge is -2.22. The van der Waals surface area contributed by atoms with Crippen LogP contribution in [0.2, 0.25) is 0 Å². The van der Waals surface area contributed by atoms with Crippen molar-refractivity contribution in [3.05, 3.63) is 46.5 Å². The molecule has 1 aliphatic rings. The van der Waals surface area contributed by atoms with Crippen LogP contribution >= 0.6 is 11.3 Å². The number of carbonyl (C=O) groups is 1. The molecule has 0 fully saturated rings. The van der Waals surface area contributed by atoms with E-state index < -0.39 is 0 Å². The summed E-state index contributed by atoms with van der Waals surface area (Å²) in [5.74, 6) is -0.00784. The molecule has 1 aromatic heterocycles. The Hall–Kier alpha value is -1.88. The summed E-state index contributed by atoms with van der Waals surface area (Å²) in [5.41, 5.74) is 7.53. The zero-order valence-corrected chi connectivity index (χ0v) is 11.2. The van der Waals surface area contributed by atoms with Crippen molar-refractivity contribution in [2.24, 2.45) is 0 Å². The van der Waals surface area contributed by atoms with Gasteiger partial charge in [-0.2, -0.15) is 0 Å². The van der Waals surface area contributed by atoms with Gasteiger partial charge in [-0.15, -0.1) is 11.3 Å². The van der Waals surface area contributed by atoms with Crippen LogP contribution in [0.4, 0.5) is 5.13 Å². The van der Waals surface area contributed by atoms with Crippen molar-refractivity contribution in [3.63, 3.8) is 0 Å². The second-order valence-electron chi connectivity index (χ2n) is 4.70. The van der Waals surface area contributed by atoms with E-state index in [0.29, 0.717) is 10.7 Å². The number of aryl methyl sites for hydroxylation is 1. The van der Waals surface area contributed by atoms with Gasteiger partial charge in [-0.25, -0.2) is 4.98 Å². The van der Waals surface area contributed by atoms with E-state index >= 15 is 0 Å². The van der Waals surface area contributed by atoms with Gasteiger partial charge in [-0.05, 0) is 25.0 Å². The molecule has 3 rings (SSSR count). The van der Waals surface area contributed by atoms with E-state index in [4.69, 9.17) is 5.73 Å². The summed E-state index contributed by atoms with van der Waals surface area (Å²) in [6.45, 7) is 0. The number of nitrogens with two attached hydrogens (primary N) is 1. The SMILES string of the molecule is Nc1nc2c(s1)CC(NC(=O)c1ccccc1)CC2. The summed E-state index contributed by atoms with van der Waals surface area (Å²) in [6.07, 6.45) is 2.65. The maximum absolute atomic E-state index is 12.1. The second kappa shape index (κ2) is 5.01. The summed E-state index contributed by atoms with van der Waals surface area (Å²) in [4.78, 5) is 17.6. The van der Waals surface area contributed by atoms with Crippen molar-refractivity contribution in [3.8, 4) is 0 Å². The van der Waals surface area contributed by atoms with Crippen LogP contribution in [0.1, 0.15) is 27.3 Å². The minimum Gasteiger partial charge on any atom is -0.375 e. The molecule has 5 heteroatoms. The molecule has 1 aromatic carbocycles. The smallest absolute Gasteiger partial charge is 0.251 e. The largest absolute Gasteiger partial charge is 0.375 e. The molecule has 1 aliphatic carbocycles. The lowest BCUT2D eigenvalue weighted by Crippen LogP contribution is -2.38. The first-order valence-corrected chi connectivity index (χ1v) is 7.14. The number of rotatable bonds is 2. The summed E-state index contributed by atoms with van der Waals surface area (Å²) in [6, 6.07) is 9.49. The summed E-state index contributed by atoms with van der Waals surface area (Å²) in [5, 5.41) is 3.71. The molecule has 0 bridgehead atoms. The van der Waals surface area contributed by atoms with Gasteiger partial charge in [-0.3, -0.25) is 4.79 Å². The molecule has 1 heterocycles. The van der Waals surface area contributed by atoms with Crippen LogP contribution in [0.15, 0.2) is 30.3 Å². The van der Waals surface area contributed by atoms with Gasteiger partial charge in [0.25, 0.3) is 5.91 Å². The second-order valence-corrected chi connectivity index (χ2v) is 5.82. The number of aromatic nitrogens is 1. The Morgan fingerprint density at radius 1 is 1.37 bits per heavy atom. The Morgan fingerprint density at radius 2 is 2.16 bits per heavy atom.